The third-order valence-corrected chi connectivity index (χ3v) is 3.44. The molecule has 0 aromatic carbocycles. The predicted octanol–water partition coefficient (Wildman–Crippen LogP) is 0.304. The Balaban J connectivity index is 0. The molecule has 170 valence electrons. The van der Waals surface area contributed by atoms with E-state index in [0.717, 1.165) is 0 Å². The Morgan fingerprint density at radius 2 is 1.20 bits per heavy atom. The lowest BCUT2D eigenvalue weighted by Crippen LogP contribution is -2.34. The molecule has 0 radical (unpaired) electrons. The van der Waals surface area contributed by atoms with E-state index in [1.165, 1.54) is 27.7 Å². The van der Waals surface area contributed by atoms with Gasteiger partial charge in [-0.2, -0.15) is 0 Å². The van der Waals surface area contributed by atoms with Crippen LogP contribution in [0, 0.1) is 0 Å². The van der Waals surface area contributed by atoms with Crippen molar-refractivity contribution in [3.8, 4) is 0 Å². The fourth-order valence-corrected chi connectivity index (χ4v) is 0.926. The summed E-state index contributed by atoms with van der Waals surface area (Å²) in [6.07, 6.45) is 0. The number of ketones is 2. The minimum absolute atomic E-state index is 0.0669. The molecule has 30 heavy (non-hydrogen) atoms. The highest BCUT2D eigenvalue weighted by Gasteiger charge is 2.27. The molecule has 2 N–H and O–H groups in total. The zero-order valence-corrected chi connectivity index (χ0v) is 18.2. The monoisotopic (exact) mass is 431 g/mol. The van der Waals surface area contributed by atoms with E-state index in [9.17, 15) is 24.0 Å². The SMILES string of the molecule is CC(=O)C(C)(C)O/N=C(/C)COC=O.CC(=O)C(C)(C)O/N=C(\COC=O)C(N)=O. The molecule has 0 atom stereocenters. The quantitative estimate of drug-likeness (QED) is 0.244. The van der Waals surface area contributed by atoms with Gasteiger partial charge in [-0.3, -0.25) is 24.0 Å². The van der Waals surface area contributed by atoms with Gasteiger partial charge < -0.3 is 24.9 Å². The summed E-state index contributed by atoms with van der Waals surface area (Å²) in [5.41, 5.74) is 3.06. The van der Waals surface area contributed by atoms with Crippen LogP contribution < -0.4 is 5.73 Å². The second-order valence-corrected chi connectivity index (χ2v) is 6.86. The highest BCUT2D eigenvalue weighted by atomic mass is 16.7. The summed E-state index contributed by atoms with van der Waals surface area (Å²) < 4.78 is 8.75. The van der Waals surface area contributed by atoms with Crippen LogP contribution in [0.2, 0.25) is 0 Å². The van der Waals surface area contributed by atoms with Crippen molar-refractivity contribution >= 4 is 41.8 Å². The van der Waals surface area contributed by atoms with Crippen LogP contribution in [-0.2, 0) is 43.1 Å². The van der Waals surface area contributed by atoms with Gasteiger partial charge in [0.15, 0.2) is 28.5 Å². The number of amides is 1. The van der Waals surface area contributed by atoms with E-state index < -0.39 is 23.7 Å². The minimum atomic E-state index is -1.16. The fraction of sp³-hybridized carbons (Fsp3) is 0.611. The number of rotatable bonds is 13. The molecule has 0 aliphatic rings. The normalized spacial score (nSPS) is 12.0. The number of Topliss-reactive ketones (excluding diaryl/α,β-unsaturated/α-hetero) is 2. The summed E-state index contributed by atoms with van der Waals surface area (Å²) >= 11 is 0. The van der Waals surface area contributed by atoms with Gasteiger partial charge >= 0.3 is 0 Å². The third-order valence-electron chi connectivity index (χ3n) is 3.44. The molecular formula is C18H29N3O9. The van der Waals surface area contributed by atoms with E-state index in [0.29, 0.717) is 12.2 Å². The maximum atomic E-state index is 11.1. The Kier molecular flexibility index (Phi) is 13.3. The largest absolute Gasteiger partial charge is 0.462 e. The summed E-state index contributed by atoms with van der Waals surface area (Å²) in [5, 5.41) is 7.06. The number of primary amides is 1. The lowest BCUT2D eigenvalue weighted by molar-refractivity contribution is -0.138. The number of nitrogens with zero attached hydrogens (tertiary/aromatic N) is 2. The number of carbonyl (C=O) groups is 5. The molecule has 0 aliphatic carbocycles. The maximum absolute atomic E-state index is 11.1. The van der Waals surface area contributed by atoms with Crippen LogP contribution in [0.15, 0.2) is 10.3 Å². The predicted molar refractivity (Wildman–Crippen MR) is 105 cm³/mol. The second-order valence-electron chi connectivity index (χ2n) is 6.86. The zero-order chi connectivity index (χ0) is 24.0. The van der Waals surface area contributed by atoms with Gasteiger partial charge in [0.2, 0.25) is 0 Å². The van der Waals surface area contributed by atoms with Gasteiger partial charge in [0.1, 0.15) is 13.2 Å². The first kappa shape index (κ1) is 28.9. The number of hydrogen-bond acceptors (Lipinski definition) is 11. The van der Waals surface area contributed by atoms with Crippen LogP contribution in [0.1, 0.15) is 48.5 Å². The van der Waals surface area contributed by atoms with E-state index in [2.05, 4.69) is 19.8 Å². The average Bonchev–Trinajstić information content (AvgIpc) is 2.64. The number of nitrogens with two attached hydrogens (primary N) is 1. The Bertz CT molecular complexity index is 682. The molecule has 0 unspecified atom stereocenters. The van der Waals surface area contributed by atoms with Gasteiger partial charge in [0.25, 0.3) is 18.9 Å². The molecule has 0 saturated carbocycles. The van der Waals surface area contributed by atoms with Crippen LogP contribution in [0.3, 0.4) is 0 Å². The smallest absolute Gasteiger partial charge is 0.293 e. The Morgan fingerprint density at radius 3 is 1.57 bits per heavy atom. The van der Waals surface area contributed by atoms with Crippen molar-refractivity contribution in [1.82, 2.24) is 0 Å². The minimum Gasteiger partial charge on any atom is -0.462 e. The molecule has 0 aromatic rings. The van der Waals surface area contributed by atoms with Crippen LogP contribution >= 0.6 is 0 Å². The van der Waals surface area contributed by atoms with E-state index in [4.69, 9.17) is 15.4 Å². The second kappa shape index (κ2) is 13.8. The number of carbonyl (C=O) groups excluding carboxylic acids is 5. The molecule has 0 spiro atoms. The molecule has 0 aromatic heterocycles. The van der Waals surface area contributed by atoms with Gasteiger partial charge in [-0.1, -0.05) is 10.3 Å². The van der Waals surface area contributed by atoms with E-state index >= 15 is 0 Å². The Morgan fingerprint density at radius 1 is 0.800 bits per heavy atom. The molecule has 0 bridgehead atoms. The number of oxime groups is 2. The first-order chi connectivity index (χ1) is 13.7. The number of ether oxygens (including phenoxy) is 2. The Labute approximate surface area is 174 Å². The van der Waals surface area contributed by atoms with Crippen LogP contribution in [0.5, 0.6) is 0 Å². The van der Waals surface area contributed by atoms with Gasteiger partial charge in [-0.05, 0) is 48.5 Å². The molecule has 0 rings (SSSR count). The van der Waals surface area contributed by atoms with Crippen LogP contribution in [0.4, 0.5) is 0 Å². The molecule has 0 saturated heterocycles. The van der Waals surface area contributed by atoms with E-state index in [-0.39, 0.29) is 30.4 Å². The van der Waals surface area contributed by atoms with E-state index in [1.54, 1.807) is 20.8 Å². The summed E-state index contributed by atoms with van der Waals surface area (Å²) in [7, 11) is 0. The lowest BCUT2D eigenvalue weighted by Gasteiger charge is -2.18. The molecule has 12 heteroatoms. The van der Waals surface area contributed by atoms with Gasteiger partial charge in [-0.25, -0.2) is 0 Å². The van der Waals surface area contributed by atoms with Crippen molar-refractivity contribution in [1.29, 1.82) is 0 Å². The molecule has 0 aliphatic heterocycles. The van der Waals surface area contributed by atoms with Gasteiger partial charge in [0.05, 0.1) is 5.71 Å². The first-order valence-corrected chi connectivity index (χ1v) is 8.60. The van der Waals surface area contributed by atoms with Gasteiger partial charge in [-0.15, -0.1) is 0 Å². The van der Waals surface area contributed by atoms with Crippen LogP contribution in [0.25, 0.3) is 0 Å². The van der Waals surface area contributed by atoms with Crippen molar-refractivity contribution < 1.29 is 43.1 Å². The summed E-state index contributed by atoms with van der Waals surface area (Å²) in [4.78, 5) is 62.5. The third kappa shape index (κ3) is 13.0. The first-order valence-electron chi connectivity index (χ1n) is 8.60. The molecule has 12 nitrogen and oxygen atoms in total. The van der Waals surface area contributed by atoms with Crippen molar-refractivity contribution in [2.24, 2.45) is 16.0 Å². The van der Waals surface area contributed by atoms with Gasteiger partial charge in [0, 0.05) is 0 Å². The molecule has 1 amide bonds. The molecular weight excluding hydrogens is 402 g/mol. The summed E-state index contributed by atoms with van der Waals surface area (Å²) in [6, 6.07) is 0. The lowest BCUT2D eigenvalue weighted by atomic mass is 10.1. The number of hydrogen-bond donors (Lipinski definition) is 1. The fourth-order valence-electron chi connectivity index (χ4n) is 0.926. The molecule has 0 fully saturated rings. The zero-order valence-electron chi connectivity index (χ0n) is 18.2. The van der Waals surface area contributed by atoms with Crippen molar-refractivity contribution in [2.75, 3.05) is 13.2 Å². The van der Waals surface area contributed by atoms with Crippen molar-refractivity contribution in [3.05, 3.63) is 0 Å². The highest BCUT2D eigenvalue weighted by molar-refractivity contribution is 6.38. The highest BCUT2D eigenvalue weighted by Crippen LogP contribution is 2.11. The van der Waals surface area contributed by atoms with Crippen LogP contribution in [-0.4, -0.2) is 66.3 Å². The van der Waals surface area contributed by atoms with Crippen molar-refractivity contribution in [2.45, 2.75) is 59.7 Å². The average molecular weight is 431 g/mol. The molecule has 0 heterocycles. The Hall–Kier alpha value is -3.31. The standard InChI is InChI=1S/C9H14N2O5.C9H15NO4/c1-6(13)9(2,3)16-11-7(8(10)14)4-15-5-12;1-7(5-13-6-11)10-14-9(3,4)8(2)12/h5H,4H2,1-3H3,(H2,10,14);6H,5H2,1-4H3/b11-7+;10-7-. The van der Waals surface area contributed by atoms with E-state index in [1.807, 2.05) is 0 Å². The maximum Gasteiger partial charge on any atom is 0.293 e. The van der Waals surface area contributed by atoms with Crippen molar-refractivity contribution in [3.63, 3.8) is 0 Å². The summed E-state index contributed by atoms with van der Waals surface area (Å²) in [5.74, 6) is -1.28. The summed E-state index contributed by atoms with van der Waals surface area (Å²) in [6.45, 7) is 10.7. The topological polar surface area (TPSA) is 173 Å².